The summed E-state index contributed by atoms with van der Waals surface area (Å²) in [5.41, 5.74) is 2.20. The van der Waals surface area contributed by atoms with Gasteiger partial charge in [-0.1, -0.05) is 6.92 Å². The molecule has 4 nitrogen and oxygen atoms in total. The van der Waals surface area contributed by atoms with Crippen LogP contribution in [0.2, 0.25) is 0 Å². The number of fused-ring (bicyclic) bond motifs is 1. The average molecular weight is 280 g/mol. The number of benzene rings is 1. The lowest BCUT2D eigenvalue weighted by molar-refractivity contribution is 0.403. The maximum Gasteiger partial charge on any atom is 0.243 e. The zero-order valence-electron chi connectivity index (χ0n) is 11.2. The van der Waals surface area contributed by atoms with Crippen LogP contribution in [0.3, 0.4) is 0 Å². The second-order valence-electron chi connectivity index (χ2n) is 5.34. The van der Waals surface area contributed by atoms with E-state index < -0.39 is 10.0 Å². The normalized spacial score (nSPS) is 18.4. The molecule has 0 saturated heterocycles. The number of nitrogens with zero attached hydrogens (tertiary/aromatic N) is 1. The Kier molecular flexibility index (Phi) is 3.27. The largest absolute Gasteiger partial charge is 0.384 e. The maximum absolute atomic E-state index is 12.7. The molecule has 0 spiro atoms. The lowest BCUT2D eigenvalue weighted by Gasteiger charge is -2.21. The molecule has 1 aliphatic carbocycles. The van der Waals surface area contributed by atoms with Crippen LogP contribution in [0.5, 0.6) is 0 Å². The van der Waals surface area contributed by atoms with E-state index in [2.05, 4.69) is 5.32 Å². The summed E-state index contributed by atoms with van der Waals surface area (Å²) in [6.07, 6.45) is 3.79. The van der Waals surface area contributed by atoms with Gasteiger partial charge in [-0.05, 0) is 49.4 Å². The molecule has 104 valence electrons. The molecule has 0 unspecified atom stereocenters. The van der Waals surface area contributed by atoms with E-state index in [1.807, 2.05) is 19.1 Å². The molecule has 3 rings (SSSR count). The van der Waals surface area contributed by atoms with Crippen LogP contribution in [0.25, 0.3) is 0 Å². The lowest BCUT2D eigenvalue weighted by Crippen LogP contribution is -2.33. The minimum atomic E-state index is -3.32. The Labute approximate surface area is 114 Å². The molecule has 1 saturated carbocycles. The van der Waals surface area contributed by atoms with Gasteiger partial charge >= 0.3 is 0 Å². The standard InChI is InChI=1S/C14H20N2O2S/c1-2-9-16(12-3-4-12)19(17,18)13-5-6-14-11(10-13)7-8-15-14/h5-6,10,12,15H,2-4,7-9H2,1H3. The molecule has 2 aliphatic rings. The molecular formula is C14H20N2O2S. The molecule has 1 heterocycles. The van der Waals surface area contributed by atoms with Gasteiger partial charge < -0.3 is 5.32 Å². The summed E-state index contributed by atoms with van der Waals surface area (Å²) >= 11 is 0. The first-order chi connectivity index (χ1) is 9.13. The third-order valence-electron chi connectivity index (χ3n) is 3.79. The van der Waals surface area contributed by atoms with Gasteiger partial charge in [-0.15, -0.1) is 0 Å². The maximum atomic E-state index is 12.7. The van der Waals surface area contributed by atoms with E-state index in [4.69, 9.17) is 0 Å². The van der Waals surface area contributed by atoms with Crippen molar-refractivity contribution < 1.29 is 8.42 Å². The fourth-order valence-corrected chi connectivity index (χ4v) is 4.49. The minimum Gasteiger partial charge on any atom is -0.384 e. The molecule has 5 heteroatoms. The Morgan fingerprint density at radius 3 is 2.84 bits per heavy atom. The predicted octanol–water partition coefficient (Wildman–Crippen LogP) is 2.22. The van der Waals surface area contributed by atoms with Gasteiger partial charge in [0, 0.05) is 24.8 Å². The third kappa shape index (κ3) is 2.37. The first kappa shape index (κ1) is 12.9. The van der Waals surface area contributed by atoms with E-state index in [1.165, 1.54) is 0 Å². The number of anilines is 1. The third-order valence-corrected chi connectivity index (χ3v) is 5.74. The van der Waals surface area contributed by atoms with Gasteiger partial charge in [-0.3, -0.25) is 0 Å². The SMILES string of the molecule is CCCN(C1CC1)S(=O)(=O)c1ccc2c(c1)CCN2. The van der Waals surface area contributed by atoms with Gasteiger partial charge in [0.05, 0.1) is 4.90 Å². The van der Waals surface area contributed by atoms with Gasteiger partial charge in [-0.2, -0.15) is 4.31 Å². The molecular weight excluding hydrogens is 260 g/mol. The van der Waals surface area contributed by atoms with E-state index in [0.717, 1.165) is 43.5 Å². The minimum absolute atomic E-state index is 0.233. The van der Waals surface area contributed by atoms with Gasteiger partial charge in [-0.25, -0.2) is 8.42 Å². The van der Waals surface area contributed by atoms with Crippen molar-refractivity contribution in [2.75, 3.05) is 18.4 Å². The molecule has 0 radical (unpaired) electrons. The summed E-state index contributed by atoms with van der Waals surface area (Å²) in [6.45, 7) is 3.56. The summed E-state index contributed by atoms with van der Waals surface area (Å²) in [5.74, 6) is 0. The monoisotopic (exact) mass is 280 g/mol. The number of nitrogens with one attached hydrogen (secondary N) is 1. The van der Waals surface area contributed by atoms with Crippen LogP contribution in [-0.2, 0) is 16.4 Å². The smallest absolute Gasteiger partial charge is 0.243 e. The highest BCUT2D eigenvalue weighted by atomic mass is 32.2. The van der Waals surface area contributed by atoms with E-state index in [0.29, 0.717) is 11.4 Å². The highest BCUT2D eigenvalue weighted by molar-refractivity contribution is 7.89. The molecule has 0 bridgehead atoms. The molecule has 1 aliphatic heterocycles. The second-order valence-corrected chi connectivity index (χ2v) is 7.23. The highest BCUT2D eigenvalue weighted by Crippen LogP contribution is 2.33. The zero-order chi connectivity index (χ0) is 13.5. The van der Waals surface area contributed by atoms with Crippen molar-refractivity contribution in [3.8, 4) is 0 Å². The van der Waals surface area contributed by atoms with Crippen LogP contribution in [0, 0.1) is 0 Å². The van der Waals surface area contributed by atoms with E-state index in [9.17, 15) is 8.42 Å². The van der Waals surface area contributed by atoms with Crippen molar-refractivity contribution in [1.29, 1.82) is 0 Å². The summed E-state index contributed by atoms with van der Waals surface area (Å²) < 4.78 is 27.1. The number of hydrogen-bond acceptors (Lipinski definition) is 3. The van der Waals surface area contributed by atoms with Crippen LogP contribution in [0.1, 0.15) is 31.7 Å². The Hall–Kier alpha value is -1.07. The second kappa shape index (κ2) is 4.80. The van der Waals surface area contributed by atoms with Crippen LogP contribution >= 0.6 is 0 Å². The number of sulfonamides is 1. The van der Waals surface area contributed by atoms with Gasteiger partial charge in [0.15, 0.2) is 0 Å². The zero-order valence-corrected chi connectivity index (χ0v) is 12.0. The van der Waals surface area contributed by atoms with Crippen LogP contribution in [0.4, 0.5) is 5.69 Å². The Morgan fingerprint density at radius 2 is 2.16 bits per heavy atom. The van der Waals surface area contributed by atoms with Crippen molar-refractivity contribution in [3.63, 3.8) is 0 Å². The summed E-state index contributed by atoms with van der Waals surface area (Å²) in [7, 11) is -3.32. The molecule has 1 N–H and O–H groups in total. The predicted molar refractivity (Wildman–Crippen MR) is 75.8 cm³/mol. The van der Waals surface area contributed by atoms with Crippen molar-refractivity contribution >= 4 is 15.7 Å². The van der Waals surface area contributed by atoms with E-state index >= 15 is 0 Å². The van der Waals surface area contributed by atoms with Gasteiger partial charge in [0.1, 0.15) is 0 Å². The number of rotatable bonds is 5. The number of hydrogen-bond donors (Lipinski definition) is 1. The molecule has 1 aromatic carbocycles. The first-order valence-electron chi connectivity index (χ1n) is 7.01. The molecule has 0 amide bonds. The fourth-order valence-electron chi connectivity index (χ4n) is 2.66. The summed E-state index contributed by atoms with van der Waals surface area (Å²) in [4.78, 5) is 0.454. The first-order valence-corrected chi connectivity index (χ1v) is 8.45. The Balaban J connectivity index is 1.94. The molecule has 19 heavy (non-hydrogen) atoms. The van der Waals surface area contributed by atoms with E-state index in [1.54, 1.807) is 10.4 Å². The highest BCUT2D eigenvalue weighted by Gasteiger charge is 2.37. The van der Waals surface area contributed by atoms with E-state index in [-0.39, 0.29) is 6.04 Å². The van der Waals surface area contributed by atoms with Gasteiger partial charge in [0.2, 0.25) is 10.0 Å². The molecule has 0 aromatic heterocycles. The van der Waals surface area contributed by atoms with Crippen LogP contribution in [-0.4, -0.2) is 31.9 Å². The lowest BCUT2D eigenvalue weighted by atomic mass is 10.2. The molecule has 1 aromatic rings. The van der Waals surface area contributed by atoms with Crippen molar-refractivity contribution in [3.05, 3.63) is 23.8 Å². The average Bonchev–Trinajstić information content (AvgIpc) is 3.11. The molecule has 1 fully saturated rings. The van der Waals surface area contributed by atoms with Gasteiger partial charge in [0.25, 0.3) is 0 Å². The van der Waals surface area contributed by atoms with Crippen molar-refractivity contribution in [2.45, 2.75) is 43.5 Å². The summed E-state index contributed by atoms with van der Waals surface area (Å²) in [6, 6.07) is 5.70. The van der Waals surface area contributed by atoms with Crippen molar-refractivity contribution in [1.82, 2.24) is 4.31 Å². The Bertz CT molecular complexity index is 579. The fraction of sp³-hybridized carbons (Fsp3) is 0.571. The summed E-state index contributed by atoms with van der Waals surface area (Å²) in [5, 5.41) is 3.26. The van der Waals surface area contributed by atoms with Crippen LogP contribution in [0.15, 0.2) is 23.1 Å². The molecule has 0 atom stereocenters. The van der Waals surface area contributed by atoms with Crippen molar-refractivity contribution in [2.24, 2.45) is 0 Å². The Morgan fingerprint density at radius 1 is 1.37 bits per heavy atom. The quantitative estimate of drug-likeness (QED) is 0.899. The topological polar surface area (TPSA) is 49.4 Å². The van der Waals surface area contributed by atoms with Crippen LogP contribution < -0.4 is 5.32 Å².